The van der Waals surface area contributed by atoms with Crippen molar-refractivity contribution in [1.82, 2.24) is 4.90 Å². The van der Waals surface area contributed by atoms with Crippen LogP contribution in [0.25, 0.3) is 5.70 Å². The van der Waals surface area contributed by atoms with Gasteiger partial charge in [-0.25, -0.2) is 0 Å². The molecule has 1 aliphatic heterocycles. The molecule has 2 aromatic carbocycles. The van der Waals surface area contributed by atoms with Gasteiger partial charge >= 0.3 is 0 Å². The minimum absolute atomic E-state index is 0.101. The highest BCUT2D eigenvalue weighted by Gasteiger charge is 2.32. The van der Waals surface area contributed by atoms with Gasteiger partial charge in [0.25, 0.3) is 5.91 Å². The number of nitrogens with two attached hydrogens (primary N) is 1. The third kappa shape index (κ3) is 3.99. The molecule has 3 N–H and O–H groups in total. The van der Waals surface area contributed by atoms with Gasteiger partial charge < -0.3 is 10.6 Å². The second-order valence-corrected chi connectivity index (χ2v) is 7.26. The van der Waals surface area contributed by atoms with E-state index < -0.39 is 5.71 Å². The number of nitriles is 2. The zero-order valence-electron chi connectivity index (χ0n) is 15.7. The van der Waals surface area contributed by atoms with E-state index in [1.165, 1.54) is 0 Å². The highest BCUT2D eigenvalue weighted by atomic mass is 35.5. The summed E-state index contributed by atoms with van der Waals surface area (Å²) in [7, 11) is 0. The number of carbonyl (C=O) groups is 1. The van der Waals surface area contributed by atoms with Crippen LogP contribution in [0.5, 0.6) is 0 Å². The second-order valence-electron chi connectivity index (χ2n) is 6.89. The van der Waals surface area contributed by atoms with Gasteiger partial charge in [0.15, 0.2) is 5.71 Å². The fourth-order valence-electron chi connectivity index (χ4n) is 3.21. The Hall–Kier alpha value is -3.61. The summed E-state index contributed by atoms with van der Waals surface area (Å²) in [5.41, 5.74) is 9.23. The molecule has 0 radical (unpaired) electrons. The monoisotopic (exact) mass is 403 g/mol. The van der Waals surface area contributed by atoms with Crippen LogP contribution in [0, 0.1) is 35.0 Å². The molecule has 6 nitrogen and oxygen atoms in total. The largest absolute Gasteiger partial charge is 0.397 e. The van der Waals surface area contributed by atoms with Crippen LogP contribution in [0.15, 0.2) is 47.5 Å². The standard InChI is InChI=1S/C22H18ClN5O/c1-13-2-5-16(8-18(13)21(27)20(23)19(26)10-25)22(29)28-11-17(12-28)15-6-3-14(9-24)4-7-15/h2-8,17,26H,11-12,27H2,1H3/b21-20+,26-19?. The smallest absolute Gasteiger partial charge is 0.253 e. The number of carbonyl (C=O) groups excluding carboxylic acids is 1. The van der Waals surface area contributed by atoms with E-state index in [0.29, 0.717) is 29.8 Å². The van der Waals surface area contributed by atoms with E-state index in [9.17, 15) is 4.79 Å². The number of nitrogens with one attached hydrogen (secondary N) is 1. The number of allylic oxidation sites excluding steroid dienone is 1. The number of nitrogens with zero attached hydrogens (tertiary/aromatic N) is 3. The Labute approximate surface area is 173 Å². The first-order chi connectivity index (χ1) is 13.8. The molecule has 3 rings (SSSR count). The van der Waals surface area contributed by atoms with Gasteiger partial charge in [0.05, 0.1) is 22.4 Å². The van der Waals surface area contributed by atoms with Gasteiger partial charge in [-0.05, 0) is 42.3 Å². The number of rotatable bonds is 4. The Morgan fingerprint density at radius 2 is 1.86 bits per heavy atom. The van der Waals surface area contributed by atoms with E-state index in [-0.39, 0.29) is 22.6 Å². The van der Waals surface area contributed by atoms with Gasteiger partial charge in [0.2, 0.25) is 0 Å². The molecule has 1 saturated heterocycles. The number of hydrogen-bond acceptors (Lipinski definition) is 5. The fourth-order valence-corrected chi connectivity index (χ4v) is 3.36. The van der Waals surface area contributed by atoms with Gasteiger partial charge in [-0.15, -0.1) is 0 Å². The third-order valence-corrected chi connectivity index (χ3v) is 5.41. The molecule has 1 heterocycles. The Morgan fingerprint density at radius 1 is 1.21 bits per heavy atom. The highest BCUT2D eigenvalue weighted by Crippen LogP contribution is 2.29. The van der Waals surface area contributed by atoms with Gasteiger partial charge in [0.1, 0.15) is 6.07 Å². The van der Waals surface area contributed by atoms with Crippen molar-refractivity contribution in [2.75, 3.05) is 13.1 Å². The number of amides is 1. The lowest BCUT2D eigenvalue weighted by atomic mass is 9.90. The summed E-state index contributed by atoms with van der Waals surface area (Å²) in [6.45, 7) is 3.01. The summed E-state index contributed by atoms with van der Waals surface area (Å²) < 4.78 is 0. The van der Waals surface area contributed by atoms with Gasteiger partial charge in [-0.2, -0.15) is 10.5 Å². The SMILES string of the molecule is Cc1ccc(C(=O)N2CC(c3ccc(C#N)cc3)C2)cc1/C(N)=C(\Cl)C(=N)C#N. The van der Waals surface area contributed by atoms with Crippen molar-refractivity contribution in [3.8, 4) is 12.1 Å². The number of likely N-dealkylation sites (tertiary alicyclic amines) is 1. The molecule has 0 atom stereocenters. The van der Waals surface area contributed by atoms with Crippen molar-refractivity contribution in [3.05, 3.63) is 75.3 Å². The van der Waals surface area contributed by atoms with Gasteiger partial charge in [-0.3, -0.25) is 10.2 Å². The first kappa shape index (κ1) is 20.1. The van der Waals surface area contributed by atoms with E-state index in [0.717, 1.165) is 11.1 Å². The topological polar surface area (TPSA) is 118 Å². The molecule has 0 aliphatic carbocycles. The van der Waals surface area contributed by atoms with Crippen LogP contribution < -0.4 is 5.73 Å². The van der Waals surface area contributed by atoms with Crippen molar-refractivity contribution in [2.24, 2.45) is 5.73 Å². The van der Waals surface area contributed by atoms with Crippen LogP contribution in [0.3, 0.4) is 0 Å². The molecule has 1 fully saturated rings. The molecule has 7 heteroatoms. The van der Waals surface area contributed by atoms with E-state index in [1.807, 2.05) is 19.1 Å². The molecular weight excluding hydrogens is 386 g/mol. The lowest BCUT2D eigenvalue weighted by Crippen LogP contribution is -2.48. The Kier molecular flexibility index (Phi) is 5.68. The van der Waals surface area contributed by atoms with Crippen LogP contribution in [0.4, 0.5) is 0 Å². The number of benzene rings is 2. The fraction of sp³-hybridized carbons (Fsp3) is 0.182. The van der Waals surface area contributed by atoms with E-state index >= 15 is 0 Å². The molecule has 2 aromatic rings. The number of hydrogen-bond donors (Lipinski definition) is 2. The van der Waals surface area contributed by atoms with Crippen LogP contribution in [-0.2, 0) is 0 Å². The Bertz CT molecular complexity index is 1100. The van der Waals surface area contributed by atoms with Crippen molar-refractivity contribution in [2.45, 2.75) is 12.8 Å². The van der Waals surface area contributed by atoms with Crippen LogP contribution in [-0.4, -0.2) is 29.6 Å². The minimum atomic E-state index is -0.423. The highest BCUT2D eigenvalue weighted by molar-refractivity contribution is 6.48. The van der Waals surface area contributed by atoms with Crippen LogP contribution in [0.2, 0.25) is 0 Å². The zero-order valence-corrected chi connectivity index (χ0v) is 16.5. The molecular formula is C22H18ClN5O. The molecule has 29 heavy (non-hydrogen) atoms. The first-order valence-corrected chi connectivity index (χ1v) is 9.28. The van der Waals surface area contributed by atoms with E-state index in [2.05, 4.69) is 6.07 Å². The summed E-state index contributed by atoms with van der Waals surface area (Å²) >= 11 is 6.02. The third-order valence-electron chi connectivity index (χ3n) is 5.02. The first-order valence-electron chi connectivity index (χ1n) is 8.90. The normalized spacial score (nSPS) is 14.3. The number of halogens is 1. The average molecular weight is 404 g/mol. The molecule has 0 unspecified atom stereocenters. The summed E-state index contributed by atoms with van der Waals surface area (Å²) in [6, 6.07) is 16.3. The maximum atomic E-state index is 12.8. The molecule has 0 spiro atoms. The summed E-state index contributed by atoms with van der Waals surface area (Å²) in [6.07, 6.45) is 0. The van der Waals surface area contributed by atoms with Crippen molar-refractivity contribution < 1.29 is 4.79 Å². The molecule has 1 aliphatic rings. The molecule has 1 amide bonds. The van der Waals surface area contributed by atoms with Gasteiger partial charge in [0, 0.05) is 30.1 Å². The second kappa shape index (κ2) is 8.18. The lowest BCUT2D eigenvalue weighted by molar-refractivity contribution is 0.0602. The average Bonchev–Trinajstić information content (AvgIpc) is 2.71. The molecule has 0 saturated carbocycles. The summed E-state index contributed by atoms with van der Waals surface area (Å²) in [5.74, 6) is 0.127. The molecule has 144 valence electrons. The molecule has 0 aromatic heterocycles. The lowest BCUT2D eigenvalue weighted by Gasteiger charge is -2.39. The molecule has 0 bridgehead atoms. The predicted octanol–water partition coefficient (Wildman–Crippen LogP) is 3.52. The maximum Gasteiger partial charge on any atom is 0.253 e. The predicted molar refractivity (Wildman–Crippen MR) is 111 cm³/mol. The van der Waals surface area contributed by atoms with Gasteiger partial charge in [-0.1, -0.05) is 29.8 Å². The zero-order chi connectivity index (χ0) is 21.1. The quantitative estimate of drug-likeness (QED) is 0.759. The van der Waals surface area contributed by atoms with E-state index in [1.54, 1.807) is 41.3 Å². The van der Waals surface area contributed by atoms with Crippen LogP contribution >= 0.6 is 11.6 Å². The number of aryl methyl sites for hydroxylation is 1. The summed E-state index contributed by atoms with van der Waals surface area (Å²) in [4.78, 5) is 14.6. The van der Waals surface area contributed by atoms with E-state index in [4.69, 9.17) is 33.3 Å². The van der Waals surface area contributed by atoms with Crippen molar-refractivity contribution >= 4 is 28.9 Å². The van der Waals surface area contributed by atoms with Crippen molar-refractivity contribution in [1.29, 1.82) is 15.9 Å². The minimum Gasteiger partial charge on any atom is -0.397 e. The Balaban J connectivity index is 1.77. The van der Waals surface area contributed by atoms with Crippen LogP contribution in [0.1, 0.15) is 38.5 Å². The maximum absolute atomic E-state index is 12.8. The Morgan fingerprint density at radius 3 is 2.45 bits per heavy atom. The summed E-state index contributed by atoms with van der Waals surface area (Å²) in [5, 5.41) is 25.1. The van der Waals surface area contributed by atoms with Crippen molar-refractivity contribution in [3.63, 3.8) is 0 Å².